The highest BCUT2D eigenvalue weighted by Crippen LogP contribution is 2.70. The Kier molecular flexibility index (Phi) is 8.60. The Morgan fingerprint density at radius 1 is 0.553 bits per heavy atom. The van der Waals surface area contributed by atoms with Gasteiger partial charge in [-0.25, -0.2) is 0 Å². The highest BCUT2D eigenvalue weighted by atomic mass is 14.7. The first-order chi connectivity index (χ1) is 22.5. The summed E-state index contributed by atoms with van der Waals surface area (Å²) >= 11 is 0. The summed E-state index contributed by atoms with van der Waals surface area (Å²) in [6, 6.07) is 0. The fourth-order valence-corrected chi connectivity index (χ4v) is 17.0. The van der Waals surface area contributed by atoms with Crippen molar-refractivity contribution in [3.05, 3.63) is 23.3 Å². The molecule has 0 heteroatoms. The van der Waals surface area contributed by atoms with Crippen LogP contribution >= 0.6 is 0 Å². The van der Waals surface area contributed by atoms with Gasteiger partial charge in [-0.05, 0) is 202 Å². The second kappa shape index (κ2) is 12.0. The predicted molar refractivity (Wildman–Crippen MR) is 201 cm³/mol. The van der Waals surface area contributed by atoms with Gasteiger partial charge in [0.15, 0.2) is 0 Å². The number of fused-ring (bicyclic) bond motifs is 10. The van der Waals surface area contributed by atoms with Crippen LogP contribution in [0.3, 0.4) is 0 Å². The first kappa shape index (κ1) is 33.6. The van der Waals surface area contributed by atoms with Crippen molar-refractivity contribution in [1.82, 2.24) is 0 Å². The summed E-state index contributed by atoms with van der Waals surface area (Å²) in [5.74, 6) is 11.5. The fourth-order valence-electron chi connectivity index (χ4n) is 17.0. The average Bonchev–Trinajstić information content (AvgIpc) is 3.61. The summed E-state index contributed by atoms with van der Waals surface area (Å²) in [5, 5.41) is 0. The van der Waals surface area contributed by atoms with Crippen LogP contribution < -0.4 is 0 Å². The Bertz CT molecular complexity index is 1140. The maximum atomic E-state index is 2.82. The van der Waals surface area contributed by atoms with Gasteiger partial charge in [-0.2, -0.15) is 0 Å². The van der Waals surface area contributed by atoms with Gasteiger partial charge in [0.1, 0.15) is 0 Å². The Labute approximate surface area is 292 Å². The molecule has 8 aliphatic rings. The van der Waals surface area contributed by atoms with E-state index in [1.54, 1.807) is 0 Å². The zero-order valence-corrected chi connectivity index (χ0v) is 32.5. The van der Waals surface area contributed by atoms with E-state index in [1.807, 2.05) is 11.1 Å². The SMILES string of the molecule is CC[C@H]1CCC2(C)C(=CC[C@H]3C2CCC2(C)C3CCC2[C@H](C)C[C@@H](C)C2CCC3[C@H]4CC=C5C[C@@H](CC)CCC5(C)C4CCC32C)C1. The minimum atomic E-state index is 0.531. The molecular formula is C47H76. The van der Waals surface area contributed by atoms with Crippen LogP contribution in [0.4, 0.5) is 0 Å². The van der Waals surface area contributed by atoms with E-state index < -0.39 is 0 Å². The van der Waals surface area contributed by atoms with Crippen molar-refractivity contribution < 1.29 is 0 Å². The molecule has 0 saturated heterocycles. The Balaban J connectivity index is 0.940. The monoisotopic (exact) mass is 641 g/mol. The van der Waals surface area contributed by atoms with E-state index in [-0.39, 0.29) is 0 Å². The predicted octanol–water partition coefficient (Wildman–Crippen LogP) is 13.9. The van der Waals surface area contributed by atoms with E-state index in [1.165, 1.54) is 122 Å². The van der Waals surface area contributed by atoms with E-state index >= 15 is 0 Å². The molecule has 8 aliphatic carbocycles. The van der Waals surface area contributed by atoms with Gasteiger partial charge in [0.2, 0.25) is 0 Å². The first-order valence-electron chi connectivity index (χ1n) is 21.8. The topological polar surface area (TPSA) is 0 Å². The standard InChI is InChI=1S/C47H76/c1-9-32-19-23-44(5)34(28-32)11-13-36-40-17-15-38(46(40,7)25-21-42(36)44)30(3)27-31(4)39-16-18-41-37-14-12-35-29-33(10-2)20-24-45(35,6)43(37)22-26-47(39,41)8/h11-12,30-33,36-43H,9-10,13-29H2,1-8H3/t30-,31-,32+,33+,36-,37-,38?,39?,40?,41?,42?,43?,44?,45?,46?,47?/m1/s1. The zero-order chi connectivity index (χ0) is 32.9. The molecule has 0 heterocycles. The molecule has 10 unspecified atom stereocenters. The molecule has 0 nitrogen and oxygen atoms in total. The van der Waals surface area contributed by atoms with Crippen LogP contribution in [-0.2, 0) is 0 Å². The molecule has 0 radical (unpaired) electrons. The van der Waals surface area contributed by atoms with Gasteiger partial charge in [-0.1, -0.05) is 91.5 Å². The van der Waals surface area contributed by atoms with Crippen LogP contribution in [0.2, 0.25) is 0 Å². The summed E-state index contributed by atoms with van der Waals surface area (Å²) in [6.45, 7) is 21.4. The van der Waals surface area contributed by atoms with Gasteiger partial charge in [0, 0.05) is 0 Å². The molecule has 0 aromatic heterocycles. The fraction of sp³-hybridized carbons (Fsp3) is 0.915. The van der Waals surface area contributed by atoms with Crippen LogP contribution in [0.5, 0.6) is 0 Å². The molecule has 16 atom stereocenters. The maximum absolute atomic E-state index is 2.82. The molecule has 47 heavy (non-hydrogen) atoms. The second-order valence-electron chi connectivity index (χ2n) is 21.2. The van der Waals surface area contributed by atoms with Crippen LogP contribution in [0, 0.1) is 92.7 Å². The third-order valence-corrected chi connectivity index (χ3v) is 19.8. The summed E-state index contributed by atoms with van der Waals surface area (Å²) < 4.78 is 0. The average molecular weight is 641 g/mol. The van der Waals surface area contributed by atoms with E-state index in [0.717, 1.165) is 71.0 Å². The van der Waals surface area contributed by atoms with E-state index in [9.17, 15) is 0 Å². The summed E-state index contributed by atoms with van der Waals surface area (Å²) in [6.07, 6.45) is 33.8. The molecule has 0 spiro atoms. The lowest BCUT2D eigenvalue weighted by Gasteiger charge is -2.59. The summed E-state index contributed by atoms with van der Waals surface area (Å²) in [7, 11) is 0. The Hall–Kier alpha value is -0.520. The largest absolute Gasteiger partial charge is 0.0845 e. The van der Waals surface area contributed by atoms with Gasteiger partial charge in [0.05, 0.1) is 0 Å². The van der Waals surface area contributed by atoms with Crippen LogP contribution in [0.15, 0.2) is 23.3 Å². The number of allylic oxidation sites excluding steroid dienone is 4. The molecule has 8 rings (SSSR count). The zero-order valence-electron chi connectivity index (χ0n) is 32.5. The maximum Gasteiger partial charge on any atom is -0.00851 e. The van der Waals surface area contributed by atoms with Gasteiger partial charge in [0.25, 0.3) is 0 Å². The lowest BCUT2D eigenvalue weighted by atomic mass is 9.46. The van der Waals surface area contributed by atoms with E-state index in [4.69, 9.17) is 0 Å². The van der Waals surface area contributed by atoms with Crippen LogP contribution in [0.25, 0.3) is 0 Å². The van der Waals surface area contributed by atoms with Gasteiger partial charge >= 0.3 is 0 Å². The molecule has 0 amide bonds. The van der Waals surface area contributed by atoms with Crippen molar-refractivity contribution in [2.75, 3.05) is 0 Å². The highest BCUT2D eigenvalue weighted by Gasteiger charge is 2.61. The molecule has 0 N–H and O–H groups in total. The van der Waals surface area contributed by atoms with E-state index in [2.05, 4.69) is 67.5 Å². The third kappa shape index (κ3) is 4.97. The number of rotatable bonds is 6. The Morgan fingerprint density at radius 3 is 1.38 bits per heavy atom. The molecule has 0 aliphatic heterocycles. The van der Waals surface area contributed by atoms with Gasteiger partial charge in [-0.3, -0.25) is 0 Å². The molecule has 6 saturated carbocycles. The van der Waals surface area contributed by atoms with Crippen molar-refractivity contribution in [3.63, 3.8) is 0 Å². The molecule has 264 valence electrons. The molecule has 0 aromatic carbocycles. The van der Waals surface area contributed by atoms with Crippen molar-refractivity contribution in [1.29, 1.82) is 0 Å². The van der Waals surface area contributed by atoms with Crippen molar-refractivity contribution >= 4 is 0 Å². The molecule has 0 bridgehead atoms. The lowest BCUT2D eigenvalue weighted by molar-refractivity contribution is -0.0619. The third-order valence-electron chi connectivity index (χ3n) is 19.8. The van der Waals surface area contributed by atoms with Crippen molar-refractivity contribution in [3.8, 4) is 0 Å². The normalized spacial score (nSPS) is 53.3. The minimum absolute atomic E-state index is 0.531. The number of hydrogen-bond donors (Lipinski definition) is 0. The Morgan fingerprint density at radius 2 is 0.979 bits per heavy atom. The quantitative estimate of drug-likeness (QED) is 0.253. The molecule has 6 fully saturated rings. The van der Waals surface area contributed by atoms with Gasteiger partial charge in [-0.15, -0.1) is 0 Å². The van der Waals surface area contributed by atoms with Crippen LogP contribution in [0.1, 0.15) is 177 Å². The first-order valence-corrected chi connectivity index (χ1v) is 21.8. The summed E-state index contributed by atoms with van der Waals surface area (Å²) in [5.41, 5.74) is 6.06. The molecular weight excluding hydrogens is 565 g/mol. The molecule has 0 aromatic rings. The second-order valence-corrected chi connectivity index (χ2v) is 21.2. The van der Waals surface area contributed by atoms with E-state index in [0.29, 0.717) is 21.7 Å². The number of hydrogen-bond acceptors (Lipinski definition) is 0. The van der Waals surface area contributed by atoms with Crippen LogP contribution in [-0.4, -0.2) is 0 Å². The van der Waals surface area contributed by atoms with Gasteiger partial charge < -0.3 is 0 Å². The smallest absolute Gasteiger partial charge is 0.00851 e. The highest BCUT2D eigenvalue weighted by molar-refractivity contribution is 5.26. The summed E-state index contributed by atoms with van der Waals surface area (Å²) in [4.78, 5) is 0. The van der Waals surface area contributed by atoms with Crippen molar-refractivity contribution in [2.45, 2.75) is 177 Å². The minimum Gasteiger partial charge on any atom is -0.0845 e. The lowest BCUT2D eigenvalue weighted by Crippen LogP contribution is -2.51. The van der Waals surface area contributed by atoms with Crippen molar-refractivity contribution in [2.24, 2.45) is 92.7 Å².